The molecule has 6 heteroatoms. The number of ether oxygens (including phenoxy) is 6. The van der Waals surface area contributed by atoms with E-state index in [-0.39, 0.29) is 30.2 Å². The van der Waals surface area contributed by atoms with Crippen molar-refractivity contribution in [2.45, 2.75) is 50.1 Å². The number of fused-ring (bicyclic) bond motifs is 1. The maximum atomic E-state index is 6.40. The minimum Gasteiger partial charge on any atom is -0.497 e. The smallest absolute Gasteiger partial charge is 0.200 e. The number of rotatable bonds is 7. The zero-order valence-electron chi connectivity index (χ0n) is 16.2. The summed E-state index contributed by atoms with van der Waals surface area (Å²) >= 11 is 0. The van der Waals surface area contributed by atoms with Crippen LogP contribution < -0.4 is 9.47 Å². The van der Waals surface area contributed by atoms with Crippen LogP contribution in [0.4, 0.5) is 0 Å². The van der Waals surface area contributed by atoms with Crippen LogP contribution >= 0.6 is 0 Å². The second-order valence-corrected chi connectivity index (χ2v) is 7.54. The molecule has 0 N–H and O–H groups in total. The van der Waals surface area contributed by atoms with Crippen molar-refractivity contribution >= 4 is 0 Å². The topological polar surface area (TPSA) is 55.4 Å². The summed E-state index contributed by atoms with van der Waals surface area (Å²) in [5.74, 6) is 1.48. The summed E-state index contributed by atoms with van der Waals surface area (Å²) in [6, 6.07) is 5.91. The Balaban J connectivity index is 1.81. The van der Waals surface area contributed by atoms with Gasteiger partial charge in [0.2, 0.25) is 6.29 Å². The van der Waals surface area contributed by atoms with Gasteiger partial charge >= 0.3 is 0 Å². The van der Waals surface area contributed by atoms with Crippen molar-refractivity contribution in [3.8, 4) is 11.5 Å². The van der Waals surface area contributed by atoms with Crippen LogP contribution in [0.15, 0.2) is 30.5 Å². The fourth-order valence-electron chi connectivity index (χ4n) is 5.07. The van der Waals surface area contributed by atoms with Crippen molar-refractivity contribution in [3.05, 3.63) is 36.1 Å². The second-order valence-electron chi connectivity index (χ2n) is 7.54. The first-order valence-corrected chi connectivity index (χ1v) is 9.51. The first-order valence-electron chi connectivity index (χ1n) is 9.51. The van der Waals surface area contributed by atoms with Gasteiger partial charge in [-0.15, -0.1) is 0 Å². The second kappa shape index (κ2) is 7.34. The number of hydrogen-bond acceptors (Lipinski definition) is 6. The largest absolute Gasteiger partial charge is 0.497 e. The molecule has 0 aromatic heterocycles. The Bertz CT molecular complexity index is 682. The molecular weight excluding hydrogens is 348 g/mol. The highest BCUT2D eigenvalue weighted by Gasteiger charge is 2.65. The van der Waals surface area contributed by atoms with Gasteiger partial charge in [0.05, 0.1) is 26.6 Å². The molecule has 4 rings (SSSR count). The van der Waals surface area contributed by atoms with Gasteiger partial charge in [0.1, 0.15) is 23.9 Å². The van der Waals surface area contributed by atoms with Crippen molar-refractivity contribution in [2.75, 3.05) is 28.1 Å². The minimum atomic E-state index is -0.372. The van der Waals surface area contributed by atoms with E-state index < -0.39 is 0 Å². The molecule has 2 bridgehead atoms. The van der Waals surface area contributed by atoms with Gasteiger partial charge in [-0.2, -0.15) is 0 Å². The van der Waals surface area contributed by atoms with Crippen LogP contribution in [0.25, 0.3) is 0 Å². The quantitative estimate of drug-likeness (QED) is 0.672. The molecule has 1 aliphatic carbocycles. The highest BCUT2D eigenvalue weighted by atomic mass is 16.7. The van der Waals surface area contributed by atoms with Crippen molar-refractivity contribution in [1.82, 2.24) is 0 Å². The lowest BCUT2D eigenvalue weighted by Gasteiger charge is -2.50. The molecule has 6 nitrogen and oxygen atoms in total. The van der Waals surface area contributed by atoms with Crippen molar-refractivity contribution in [1.29, 1.82) is 0 Å². The van der Waals surface area contributed by atoms with Crippen LogP contribution in [0.2, 0.25) is 0 Å². The van der Waals surface area contributed by atoms with Crippen LogP contribution in [0, 0.1) is 5.41 Å². The van der Waals surface area contributed by atoms with E-state index in [1.165, 1.54) is 0 Å². The predicted octanol–water partition coefficient (Wildman–Crippen LogP) is 3.95. The van der Waals surface area contributed by atoms with E-state index in [2.05, 4.69) is 6.08 Å². The molecule has 1 aromatic rings. The Morgan fingerprint density at radius 1 is 1.07 bits per heavy atom. The average Bonchev–Trinajstić information content (AvgIpc) is 2.94. The lowest BCUT2D eigenvalue weighted by molar-refractivity contribution is -0.194. The summed E-state index contributed by atoms with van der Waals surface area (Å²) in [7, 11) is 4.96. The first kappa shape index (κ1) is 18.6. The van der Waals surface area contributed by atoms with Gasteiger partial charge in [0.15, 0.2) is 0 Å². The lowest BCUT2D eigenvalue weighted by atomic mass is 9.58. The standard InChI is InChI=1S/C21H28O6/c1-22-14-26-19(15-10-16(23-2)12-17(11-15)24-3)20-6-4-5-7-21(20)8-9-25-18(13-20)27-21/h8-12,18-19H,4-7,13-14H2,1-3H3/t18-,19-,20+,21-/m0/s1. The number of benzene rings is 1. The monoisotopic (exact) mass is 376 g/mol. The summed E-state index contributed by atoms with van der Waals surface area (Å²) in [6.07, 6.45) is 8.48. The van der Waals surface area contributed by atoms with Crippen LogP contribution in [0.1, 0.15) is 43.8 Å². The molecular formula is C21H28O6. The third-order valence-electron chi connectivity index (χ3n) is 6.24. The summed E-state index contributed by atoms with van der Waals surface area (Å²) in [5, 5.41) is 0. The van der Waals surface area contributed by atoms with Crippen molar-refractivity contribution < 1.29 is 28.4 Å². The van der Waals surface area contributed by atoms with E-state index in [1.807, 2.05) is 18.2 Å². The summed E-state index contributed by atoms with van der Waals surface area (Å²) in [4.78, 5) is 0. The Kier molecular flexibility index (Phi) is 5.05. The van der Waals surface area contributed by atoms with E-state index in [9.17, 15) is 0 Å². The Morgan fingerprint density at radius 2 is 1.81 bits per heavy atom. The number of methoxy groups -OCH3 is 3. The fraction of sp³-hybridized carbons (Fsp3) is 0.619. The van der Waals surface area contributed by atoms with Gasteiger partial charge in [0.25, 0.3) is 0 Å². The third kappa shape index (κ3) is 3.00. The number of hydrogen-bond donors (Lipinski definition) is 0. The Morgan fingerprint density at radius 3 is 2.52 bits per heavy atom. The molecule has 2 fully saturated rings. The highest BCUT2D eigenvalue weighted by molar-refractivity contribution is 5.41. The van der Waals surface area contributed by atoms with Gasteiger partial charge in [-0.25, -0.2) is 0 Å². The highest BCUT2D eigenvalue weighted by Crippen LogP contribution is 2.64. The van der Waals surface area contributed by atoms with E-state index in [4.69, 9.17) is 28.4 Å². The molecule has 1 spiro atoms. The molecule has 27 heavy (non-hydrogen) atoms. The first-order chi connectivity index (χ1) is 13.2. The third-order valence-corrected chi connectivity index (χ3v) is 6.24. The molecule has 4 atom stereocenters. The van der Waals surface area contributed by atoms with Gasteiger partial charge in [0, 0.05) is 25.0 Å². The SMILES string of the molecule is COCO[C@@H](c1cc(OC)cc(OC)c1)[C@]12CCCC[C@]13C=CO[C@H](C2)O3. The van der Waals surface area contributed by atoms with E-state index in [1.54, 1.807) is 27.6 Å². The Labute approximate surface area is 160 Å². The Hall–Kier alpha value is -1.76. The summed E-state index contributed by atoms with van der Waals surface area (Å²) < 4.78 is 34.7. The molecule has 2 heterocycles. The molecule has 1 saturated carbocycles. The van der Waals surface area contributed by atoms with E-state index in [0.29, 0.717) is 0 Å². The van der Waals surface area contributed by atoms with Gasteiger partial charge in [-0.1, -0.05) is 12.8 Å². The van der Waals surface area contributed by atoms with Gasteiger partial charge < -0.3 is 28.4 Å². The predicted molar refractivity (Wildman–Crippen MR) is 98.6 cm³/mol. The molecule has 1 saturated heterocycles. The molecule has 0 unspecified atom stereocenters. The lowest BCUT2D eigenvalue weighted by Crippen LogP contribution is -2.50. The van der Waals surface area contributed by atoms with E-state index >= 15 is 0 Å². The minimum absolute atomic E-state index is 0.206. The fourth-order valence-corrected chi connectivity index (χ4v) is 5.07. The van der Waals surface area contributed by atoms with Gasteiger partial charge in [-0.3, -0.25) is 0 Å². The average molecular weight is 376 g/mol. The van der Waals surface area contributed by atoms with Crippen molar-refractivity contribution in [2.24, 2.45) is 5.41 Å². The zero-order valence-corrected chi connectivity index (χ0v) is 16.2. The molecule has 1 aromatic carbocycles. The normalized spacial score (nSPS) is 32.5. The van der Waals surface area contributed by atoms with Crippen LogP contribution in [0.3, 0.4) is 0 Å². The molecule has 148 valence electrons. The summed E-state index contributed by atoms with van der Waals surface area (Å²) in [6.45, 7) is 0.206. The molecule has 0 amide bonds. The van der Waals surface area contributed by atoms with Crippen LogP contribution in [-0.2, 0) is 18.9 Å². The molecule has 3 aliphatic rings. The summed E-state index contributed by atoms with van der Waals surface area (Å²) in [5.41, 5.74) is 0.413. The van der Waals surface area contributed by atoms with Gasteiger partial charge in [-0.05, 0) is 36.6 Å². The van der Waals surface area contributed by atoms with Crippen molar-refractivity contribution in [3.63, 3.8) is 0 Å². The van der Waals surface area contributed by atoms with Crippen LogP contribution in [0.5, 0.6) is 11.5 Å². The molecule has 2 aliphatic heterocycles. The maximum Gasteiger partial charge on any atom is 0.200 e. The van der Waals surface area contributed by atoms with Crippen LogP contribution in [-0.4, -0.2) is 40.0 Å². The molecule has 0 radical (unpaired) electrons. The zero-order chi connectivity index (χ0) is 18.9. The maximum absolute atomic E-state index is 6.40. The van der Waals surface area contributed by atoms with E-state index in [0.717, 1.165) is 49.2 Å².